The zero-order valence-corrected chi connectivity index (χ0v) is 12.8. The van der Waals surface area contributed by atoms with Gasteiger partial charge in [-0.25, -0.2) is 9.66 Å². The lowest BCUT2D eigenvalue weighted by Crippen LogP contribution is -2.34. The number of carbonyl (C=O) groups is 1. The van der Waals surface area contributed by atoms with E-state index in [0.717, 1.165) is 22.9 Å². The Morgan fingerprint density at radius 2 is 2.19 bits per heavy atom. The molecule has 1 aromatic carbocycles. The monoisotopic (exact) mass is 306 g/mol. The number of rotatable bonds is 5. The van der Waals surface area contributed by atoms with Crippen molar-refractivity contribution in [2.75, 3.05) is 11.6 Å². The Hall–Kier alpha value is -2.02. The molecular formula is C14H18N4O2S. The average molecular weight is 306 g/mol. The van der Waals surface area contributed by atoms with Crippen molar-refractivity contribution in [3.05, 3.63) is 34.6 Å². The third-order valence-electron chi connectivity index (χ3n) is 3.13. The minimum atomic E-state index is -0.314. The second-order valence-corrected chi connectivity index (χ2v) is 5.69. The highest BCUT2D eigenvalue weighted by atomic mass is 32.2. The number of hydrogen-bond donors (Lipinski definition) is 2. The number of nitrogens with two attached hydrogens (primary N) is 1. The number of nitrogens with one attached hydrogen (secondary N) is 1. The second-order valence-electron chi connectivity index (χ2n) is 4.75. The highest BCUT2D eigenvalue weighted by molar-refractivity contribution is 7.99. The Bertz CT molecular complexity index is 714. The normalized spacial score (nSPS) is 12.3. The van der Waals surface area contributed by atoms with Gasteiger partial charge in [-0.2, -0.15) is 0 Å². The van der Waals surface area contributed by atoms with Crippen molar-refractivity contribution < 1.29 is 4.79 Å². The Kier molecular flexibility index (Phi) is 4.85. The lowest BCUT2D eigenvalue weighted by molar-refractivity contribution is -0.119. The second kappa shape index (κ2) is 6.62. The zero-order valence-electron chi connectivity index (χ0n) is 12.0. The highest BCUT2D eigenvalue weighted by Crippen LogP contribution is 2.15. The Morgan fingerprint density at radius 1 is 1.48 bits per heavy atom. The van der Waals surface area contributed by atoms with E-state index in [1.807, 2.05) is 13.8 Å². The summed E-state index contributed by atoms with van der Waals surface area (Å²) in [4.78, 5) is 28.2. The molecule has 2 aromatic rings. The van der Waals surface area contributed by atoms with E-state index >= 15 is 0 Å². The molecule has 1 amide bonds. The number of fused-ring (bicyclic) bond motifs is 1. The molecule has 0 unspecified atom stereocenters. The van der Waals surface area contributed by atoms with E-state index in [1.165, 1.54) is 0 Å². The fraction of sp³-hybridized carbons (Fsp3) is 0.357. The van der Waals surface area contributed by atoms with E-state index in [1.54, 1.807) is 24.3 Å². The van der Waals surface area contributed by atoms with Crippen LogP contribution in [-0.2, 0) is 4.79 Å². The van der Waals surface area contributed by atoms with Crippen molar-refractivity contribution in [3.63, 3.8) is 0 Å². The molecule has 0 bridgehead atoms. The number of aromatic nitrogens is 2. The van der Waals surface area contributed by atoms with Crippen molar-refractivity contribution in [2.45, 2.75) is 31.5 Å². The van der Waals surface area contributed by atoms with Crippen LogP contribution < -0.4 is 16.7 Å². The van der Waals surface area contributed by atoms with Gasteiger partial charge < -0.3 is 11.2 Å². The quantitative estimate of drug-likeness (QED) is 0.491. The van der Waals surface area contributed by atoms with Gasteiger partial charge in [0.15, 0.2) is 5.16 Å². The number of para-hydroxylation sites is 1. The van der Waals surface area contributed by atoms with Gasteiger partial charge in [0.05, 0.1) is 16.7 Å². The maximum atomic E-state index is 12.1. The molecule has 6 nitrogen and oxygen atoms in total. The van der Waals surface area contributed by atoms with E-state index in [2.05, 4.69) is 10.3 Å². The molecule has 0 spiro atoms. The summed E-state index contributed by atoms with van der Waals surface area (Å²) in [7, 11) is 0. The molecule has 1 atom stereocenters. The van der Waals surface area contributed by atoms with E-state index in [4.69, 9.17) is 5.84 Å². The maximum Gasteiger partial charge on any atom is 0.280 e. The summed E-state index contributed by atoms with van der Waals surface area (Å²) in [6, 6.07) is 7.12. The molecular weight excluding hydrogens is 288 g/mol. The first-order chi connectivity index (χ1) is 10.0. The average Bonchev–Trinajstić information content (AvgIpc) is 2.49. The summed E-state index contributed by atoms with van der Waals surface area (Å²) in [6.07, 6.45) is 0.867. The molecule has 0 saturated heterocycles. The topological polar surface area (TPSA) is 90.0 Å². The van der Waals surface area contributed by atoms with Crippen LogP contribution in [0.25, 0.3) is 10.9 Å². The van der Waals surface area contributed by atoms with Crippen LogP contribution >= 0.6 is 11.8 Å². The Morgan fingerprint density at radius 3 is 2.90 bits per heavy atom. The van der Waals surface area contributed by atoms with E-state index in [-0.39, 0.29) is 23.3 Å². The largest absolute Gasteiger partial charge is 0.353 e. The molecule has 1 aromatic heterocycles. The van der Waals surface area contributed by atoms with Crippen LogP contribution in [0.5, 0.6) is 0 Å². The molecule has 3 N–H and O–H groups in total. The van der Waals surface area contributed by atoms with Crippen LogP contribution in [0.2, 0.25) is 0 Å². The third kappa shape index (κ3) is 3.55. The smallest absolute Gasteiger partial charge is 0.280 e. The number of amides is 1. The fourth-order valence-corrected chi connectivity index (χ4v) is 2.50. The first kappa shape index (κ1) is 15.4. The van der Waals surface area contributed by atoms with Crippen LogP contribution in [0.4, 0.5) is 0 Å². The number of thioether (sulfide) groups is 1. The lowest BCUT2D eigenvalue weighted by atomic mass is 10.2. The molecule has 1 heterocycles. The van der Waals surface area contributed by atoms with Gasteiger partial charge in [-0.05, 0) is 25.5 Å². The number of nitrogen functional groups attached to an aromatic ring is 1. The number of benzene rings is 1. The molecule has 2 rings (SSSR count). The summed E-state index contributed by atoms with van der Waals surface area (Å²) in [5.41, 5.74) is 0.263. The van der Waals surface area contributed by atoms with Gasteiger partial charge in [-0.3, -0.25) is 9.59 Å². The Labute approximate surface area is 126 Å². The summed E-state index contributed by atoms with van der Waals surface area (Å²) >= 11 is 1.15. The predicted molar refractivity (Wildman–Crippen MR) is 84.8 cm³/mol. The fourth-order valence-electron chi connectivity index (χ4n) is 1.78. The maximum absolute atomic E-state index is 12.1. The van der Waals surface area contributed by atoms with Crippen molar-refractivity contribution in [2.24, 2.45) is 0 Å². The summed E-state index contributed by atoms with van der Waals surface area (Å²) in [5, 5.41) is 3.65. The molecule has 0 saturated carbocycles. The van der Waals surface area contributed by atoms with E-state index in [9.17, 15) is 9.59 Å². The van der Waals surface area contributed by atoms with E-state index < -0.39 is 0 Å². The summed E-state index contributed by atoms with van der Waals surface area (Å²) in [5.74, 6) is 5.82. The number of hydrogen-bond acceptors (Lipinski definition) is 5. The number of carbonyl (C=O) groups excluding carboxylic acids is 1. The lowest BCUT2D eigenvalue weighted by Gasteiger charge is -2.11. The predicted octanol–water partition coefficient (Wildman–Crippen LogP) is 1.12. The van der Waals surface area contributed by atoms with Crippen LogP contribution in [0.3, 0.4) is 0 Å². The first-order valence-corrected chi connectivity index (χ1v) is 7.70. The van der Waals surface area contributed by atoms with Gasteiger partial charge in [0.1, 0.15) is 0 Å². The molecule has 0 fully saturated rings. The highest BCUT2D eigenvalue weighted by Gasteiger charge is 2.12. The van der Waals surface area contributed by atoms with Crippen molar-refractivity contribution in [1.29, 1.82) is 0 Å². The van der Waals surface area contributed by atoms with Gasteiger partial charge >= 0.3 is 0 Å². The molecule has 0 aliphatic rings. The van der Waals surface area contributed by atoms with Crippen LogP contribution in [0, 0.1) is 0 Å². The molecule has 0 aliphatic heterocycles. The van der Waals surface area contributed by atoms with Crippen molar-refractivity contribution in [3.8, 4) is 0 Å². The number of nitrogens with zero attached hydrogens (tertiary/aromatic N) is 2. The van der Waals surface area contributed by atoms with Crippen LogP contribution in [-0.4, -0.2) is 27.4 Å². The first-order valence-electron chi connectivity index (χ1n) is 6.72. The molecule has 7 heteroatoms. The van der Waals surface area contributed by atoms with Crippen LogP contribution in [0.1, 0.15) is 20.3 Å². The Balaban J connectivity index is 2.18. The molecule has 112 valence electrons. The summed E-state index contributed by atoms with van der Waals surface area (Å²) in [6.45, 7) is 3.94. The summed E-state index contributed by atoms with van der Waals surface area (Å²) < 4.78 is 0.990. The van der Waals surface area contributed by atoms with Gasteiger partial charge in [0.25, 0.3) is 5.56 Å². The van der Waals surface area contributed by atoms with E-state index in [0.29, 0.717) is 16.1 Å². The molecule has 21 heavy (non-hydrogen) atoms. The molecule has 0 radical (unpaired) electrons. The van der Waals surface area contributed by atoms with Gasteiger partial charge in [-0.1, -0.05) is 30.8 Å². The van der Waals surface area contributed by atoms with Gasteiger partial charge in [0, 0.05) is 6.04 Å². The minimum Gasteiger partial charge on any atom is -0.353 e. The zero-order chi connectivity index (χ0) is 15.4. The van der Waals surface area contributed by atoms with Gasteiger partial charge in [-0.15, -0.1) is 0 Å². The SMILES string of the molecule is CC[C@H](C)NC(=O)CSc1nc2ccccc2c(=O)n1N. The standard InChI is InChI=1S/C14H18N4O2S/c1-3-9(2)16-12(19)8-21-14-17-11-7-5-4-6-10(11)13(20)18(14)15/h4-7,9H,3,8,15H2,1-2H3,(H,16,19)/t9-/m0/s1. The minimum absolute atomic E-state index is 0.100. The van der Waals surface area contributed by atoms with Crippen molar-refractivity contribution in [1.82, 2.24) is 15.0 Å². The van der Waals surface area contributed by atoms with Gasteiger partial charge in [0.2, 0.25) is 5.91 Å². The van der Waals surface area contributed by atoms with Crippen molar-refractivity contribution >= 4 is 28.6 Å². The third-order valence-corrected chi connectivity index (χ3v) is 4.08. The van der Waals surface area contributed by atoms with Crippen LogP contribution in [0.15, 0.2) is 34.2 Å². The molecule has 0 aliphatic carbocycles.